The second-order valence-electron chi connectivity index (χ2n) is 9.94. The number of nitrogens with one attached hydrogen (secondary N) is 1. The molecule has 0 radical (unpaired) electrons. The smallest absolute Gasteiger partial charge is 0.336 e. The molecule has 0 spiro atoms. The van der Waals surface area contributed by atoms with Crippen LogP contribution in [0.3, 0.4) is 0 Å². The highest BCUT2D eigenvalue weighted by Crippen LogP contribution is 2.37. The normalized spacial score (nSPS) is 18.6. The molecule has 2 aliphatic heterocycles. The van der Waals surface area contributed by atoms with Gasteiger partial charge in [0.05, 0.1) is 23.2 Å². The summed E-state index contributed by atoms with van der Waals surface area (Å²) >= 11 is 6.04. The fraction of sp³-hybridized carbons (Fsp3) is 0.379. The van der Waals surface area contributed by atoms with Crippen LogP contribution in [0.15, 0.2) is 64.6 Å². The maximum Gasteiger partial charge on any atom is 0.336 e. The van der Waals surface area contributed by atoms with E-state index in [9.17, 15) is 19.2 Å². The molecular formula is C29H31ClN4O5. The fourth-order valence-corrected chi connectivity index (χ4v) is 5.83. The Morgan fingerprint density at radius 2 is 1.74 bits per heavy atom. The minimum absolute atomic E-state index is 0.0218. The summed E-state index contributed by atoms with van der Waals surface area (Å²) in [6, 6.07) is 14.6. The van der Waals surface area contributed by atoms with Gasteiger partial charge >= 0.3 is 11.7 Å². The standard InChI is InChI=1S/C29H31ClN4O5/c1-3-39-28(37)27-18(2)33(25(35)16-22(27)19-8-10-20(30)11-9-19)17-26(36)32-14-12-21(13-15-32)34-24-7-5-4-6-23(24)31-29(34)38/h4-11,21-22H,3,12-17H2,1-2H3,(H,31,38). The van der Waals surface area contributed by atoms with E-state index in [1.807, 2.05) is 24.3 Å². The summed E-state index contributed by atoms with van der Waals surface area (Å²) in [5.74, 6) is -1.40. The van der Waals surface area contributed by atoms with E-state index in [2.05, 4.69) is 4.98 Å². The van der Waals surface area contributed by atoms with Gasteiger partial charge in [0, 0.05) is 42.2 Å². The number of nitrogens with zero attached hydrogens (tertiary/aromatic N) is 3. The molecule has 2 amide bonds. The molecule has 39 heavy (non-hydrogen) atoms. The van der Waals surface area contributed by atoms with Gasteiger partial charge in [0.2, 0.25) is 11.8 Å². The van der Waals surface area contributed by atoms with Crippen molar-refractivity contribution in [1.82, 2.24) is 19.4 Å². The van der Waals surface area contributed by atoms with E-state index >= 15 is 0 Å². The lowest BCUT2D eigenvalue weighted by atomic mass is 9.83. The molecule has 5 rings (SSSR count). The number of para-hydroxylation sites is 2. The Kier molecular flexibility index (Phi) is 7.61. The predicted molar refractivity (Wildman–Crippen MR) is 147 cm³/mol. The number of imidazole rings is 1. The number of rotatable bonds is 6. The van der Waals surface area contributed by atoms with Crippen molar-refractivity contribution in [1.29, 1.82) is 0 Å². The molecule has 1 fully saturated rings. The molecule has 9 nitrogen and oxygen atoms in total. The number of aromatic nitrogens is 2. The molecule has 204 valence electrons. The van der Waals surface area contributed by atoms with Crippen molar-refractivity contribution in [3.8, 4) is 0 Å². The second-order valence-corrected chi connectivity index (χ2v) is 10.4. The number of piperidine rings is 1. The summed E-state index contributed by atoms with van der Waals surface area (Å²) in [5, 5.41) is 0.560. The maximum absolute atomic E-state index is 13.3. The van der Waals surface area contributed by atoms with Crippen molar-refractivity contribution < 1.29 is 19.1 Å². The zero-order valence-corrected chi connectivity index (χ0v) is 22.7. The first-order valence-corrected chi connectivity index (χ1v) is 13.6. The minimum atomic E-state index is -0.495. The lowest BCUT2D eigenvalue weighted by Gasteiger charge is -2.37. The Labute approximate surface area is 231 Å². The minimum Gasteiger partial charge on any atom is -0.463 e. The van der Waals surface area contributed by atoms with Gasteiger partial charge in [0.1, 0.15) is 6.54 Å². The van der Waals surface area contributed by atoms with E-state index in [1.54, 1.807) is 47.6 Å². The summed E-state index contributed by atoms with van der Waals surface area (Å²) in [4.78, 5) is 58.2. The van der Waals surface area contributed by atoms with Crippen LogP contribution in [0.25, 0.3) is 11.0 Å². The van der Waals surface area contributed by atoms with E-state index in [4.69, 9.17) is 16.3 Å². The van der Waals surface area contributed by atoms with Crippen molar-refractivity contribution in [2.24, 2.45) is 0 Å². The average molecular weight is 551 g/mol. The Balaban J connectivity index is 1.32. The SMILES string of the molecule is CCOC(=O)C1=C(C)N(CC(=O)N2CCC(n3c(=O)[nH]c4ccccc43)CC2)C(=O)CC1c1ccc(Cl)cc1. The number of carbonyl (C=O) groups excluding carboxylic acids is 3. The molecule has 0 aliphatic carbocycles. The van der Waals surface area contributed by atoms with Crippen LogP contribution in [-0.4, -0.2) is 63.4 Å². The molecule has 2 aliphatic rings. The summed E-state index contributed by atoms with van der Waals surface area (Å²) in [7, 11) is 0. The molecule has 1 aromatic heterocycles. The Morgan fingerprint density at radius 3 is 2.44 bits per heavy atom. The number of carbonyl (C=O) groups is 3. The monoisotopic (exact) mass is 550 g/mol. The maximum atomic E-state index is 13.3. The van der Waals surface area contributed by atoms with Crippen LogP contribution in [0.2, 0.25) is 5.02 Å². The molecule has 0 saturated carbocycles. The number of amides is 2. The number of benzene rings is 2. The average Bonchev–Trinajstić information content (AvgIpc) is 3.26. The summed E-state index contributed by atoms with van der Waals surface area (Å²) < 4.78 is 7.11. The van der Waals surface area contributed by atoms with Crippen molar-refractivity contribution in [3.63, 3.8) is 0 Å². The van der Waals surface area contributed by atoms with Gasteiger partial charge in [-0.2, -0.15) is 0 Å². The molecule has 3 heterocycles. The number of hydrogen-bond donors (Lipinski definition) is 1. The number of allylic oxidation sites excluding steroid dienone is 1. The van der Waals surface area contributed by atoms with Gasteiger partial charge in [-0.3, -0.25) is 14.2 Å². The molecule has 2 aromatic carbocycles. The van der Waals surface area contributed by atoms with Crippen molar-refractivity contribution in [2.45, 2.75) is 45.1 Å². The Bertz CT molecular complexity index is 1500. The van der Waals surface area contributed by atoms with E-state index in [-0.39, 0.29) is 43.1 Å². The van der Waals surface area contributed by atoms with Crippen LogP contribution in [0.4, 0.5) is 0 Å². The number of esters is 1. The van der Waals surface area contributed by atoms with Crippen LogP contribution < -0.4 is 5.69 Å². The van der Waals surface area contributed by atoms with Crippen LogP contribution in [0, 0.1) is 0 Å². The van der Waals surface area contributed by atoms with Crippen LogP contribution in [0.5, 0.6) is 0 Å². The zero-order chi connectivity index (χ0) is 27.7. The third kappa shape index (κ3) is 5.23. The summed E-state index contributed by atoms with van der Waals surface area (Å²) in [6.07, 6.45) is 1.30. The Hall–Kier alpha value is -3.85. The van der Waals surface area contributed by atoms with Crippen molar-refractivity contribution >= 4 is 40.4 Å². The number of aromatic amines is 1. The largest absolute Gasteiger partial charge is 0.463 e. The van der Waals surface area contributed by atoms with Crippen LogP contribution in [0.1, 0.15) is 50.6 Å². The van der Waals surface area contributed by atoms with E-state index in [0.717, 1.165) is 16.6 Å². The van der Waals surface area contributed by atoms with E-state index in [1.165, 1.54) is 4.90 Å². The first-order chi connectivity index (χ1) is 18.8. The quantitative estimate of drug-likeness (QED) is 0.467. The zero-order valence-electron chi connectivity index (χ0n) is 22.0. The number of fused-ring (bicyclic) bond motifs is 1. The van der Waals surface area contributed by atoms with E-state index < -0.39 is 11.9 Å². The summed E-state index contributed by atoms with van der Waals surface area (Å²) in [5.41, 5.74) is 3.09. The molecule has 0 bridgehead atoms. The van der Waals surface area contributed by atoms with Gasteiger partial charge in [-0.1, -0.05) is 35.9 Å². The van der Waals surface area contributed by atoms with Gasteiger partial charge in [-0.05, 0) is 56.5 Å². The topological polar surface area (TPSA) is 105 Å². The summed E-state index contributed by atoms with van der Waals surface area (Å²) in [6.45, 7) is 4.41. The highest BCUT2D eigenvalue weighted by molar-refractivity contribution is 6.30. The van der Waals surface area contributed by atoms with Gasteiger partial charge in [0.25, 0.3) is 0 Å². The number of likely N-dealkylation sites (tertiary alicyclic amines) is 1. The first kappa shape index (κ1) is 26.7. The highest BCUT2D eigenvalue weighted by atomic mass is 35.5. The number of hydrogen-bond acceptors (Lipinski definition) is 5. The lowest BCUT2D eigenvalue weighted by molar-refractivity contribution is -0.143. The van der Waals surface area contributed by atoms with Crippen LogP contribution >= 0.6 is 11.6 Å². The van der Waals surface area contributed by atoms with E-state index in [0.29, 0.717) is 42.2 Å². The molecule has 1 N–H and O–H groups in total. The lowest BCUT2D eigenvalue weighted by Crippen LogP contribution is -2.47. The first-order valence-electron chi connectivity index (χ1n) is 13.2. The Morgan fingerprint density at radius 1 is 1.05 bits per heavy atom. The molecular weight excluding hydrogens is 520 g/mol. The highest BCUT2D eigenvalue weighted by Gasteiger charge is 2.38. The third-order valence-electron chi connectivity index (χ3n) is 7.69. The molecule has 3 aromatic rings. The van der Waals surface area contributed by atoms with Gasteiger partial charge in [0.15, 0.2) is 0 Å². The van der Waals surface area contributed by atoms with Gasteiger partial charge in [-0.25, -0.2) is 9.59 Å². The number of H-pyrrole nitrogens is 1. The number of halogens is 1. The van der Waals surface area contributed by atoms with Crippen molar-refractivity contribution in [2.75, 3.05) is 26.2 Å². The molecule has 1 atom stereocenters. The second kappa shape index (κ2) is 11.1. The molecule has 10 heteroatoms. The fourth-order valence-electron chi connectivity index (χ4n) is 5.70. The van der Waals surface area contributed by atoms with Crippen LogP contribution in [-0.2, 0) is 19.1 Å². The molecule has 1 saturated heterocycles. The molecule has 1 unspecified atom stereocenters. The van der Waals surface area contributed by atoms with Crippen molar-refractivity contribution in [3.05, 3.63) is 80.9 Å². The third-order valence-corrected chi connectivity index (χ3v) is 7.94. The van der Waals surface area contributed by atoms with Gasteiger partial charge < -0.3 is 19.5 Å². The number of ether oxygens (including phenoxy) is 1. The predicted octanol–water partition coefficient (Wildman–Crippen LogP) is 4.00. The van der Waals surface area contributed by atoms with Gasteiger partial charge in [-0.15, -0.1) is 0 Å².